The van der Waals surface area contributed by atoms with E-state index in [2.05, 4.69) is 35.0 Å². The topological polar surface area (TPSA) is 29.0 Å². The van der Waals surface area contributed by atoms with Crippen LogP contribution in [0.5, 0.6) is 0 Å². The molecule has 0 aliphatic carbocycles. The molecule has 0 N–H and O–H groups in total. The van der Waals surface area contributed by atoms with Crippen LogP contribution in [0.25, 0.3) is 0 Å². The molecule has 1 unspecified atom stereocenters. The lowest BCUT2D eigenvalue weighted by Crippen LogP contribution is -2.40. The SMILES string of the molecule is CC(C)N1CCCC(Cc2cccnn2)C1. The van der Waals surface area contributed by atoms with Gasteiger partial charge in [0.2, 0.25) is 0 Å². The predicted molar refractivity (Wildman–Crippen MR) is 65.2 cm³/mol. The van der Waals surface area contributed by atoms with Crippen LogP contribution in [-0.2, 0) is 6.42 Å². The Morgan fingerprint density at radius 1 is 1.50 bits per heavy atom. The van der Waals surface area contributed by atoms with Crippen molar-refractivity contribution >= 4 is 0 Å². The Hall–Kier alpha value is -0.960. The highest BCUT2D eigenvalue weighted by atomic mass is 15.2. The van der Waals surface area contributed by atoms with Gasteiger partial charge in [-0.3, -0.25) is 0 Å². The summed E-state index contributed by atoms with van der Waals surface area (Å²) in [6, 6.07) is 4.73. The zero-order chi connectivity index (χ0) is 11.4. The van der Waals surface area contributed by atoms with Gasteiger partial charge in [0.25, 0.3) is 0 Å². The Labute approximate surface area is 97.9 Å². The van der Waals surface area contributed by atoms with Crippen molar-refractivity contribution in [2.75, 3.05) is 13.1 Å². The van der Waals surface area contributed by atoms with Gasteiger partial charge in [-0.05, 0) is 57.7 Å². The van der Waals surface area contributed by atoms with Crippen molar-refractivity contribution < 1.29 is 0 Å². The van der Waals surface area contributed by atoms with Crippen LogP contribution in [0.3, 0.4) is 0 Å². The van der Waals surface area contributed by atoms with Crippen LogP contribution in [-0.4, -0.2) is 34.2 Å². The van der Waals surface area contributed by atoms with E-state index in [0.29, 0.717) is 6.04 Å². The first kappa shape index (κ1) is 11.5. The molecule has 1 atom stereocenters. The van der Waals surface area contributed by atoms with E-state index in [1.54, 1.807) is 6.20 Å². The third-order valence-electron chi connectivity index (χ3n) is 3.41. The van der Waals surface area contributed by atoms with Gasteiger partial charge in [-0.2, -0.15) is 10.2 Å². The average molecular weight is 219 g/mol. The summed E-state index contributed by atoms with van der Waals surface area (Å²) >= 11 is 0. The number of piperidine rings is 1. The fraction of sp³-hybridized carbons (Fsp3) is 0.692. The minimum absolute atomic E-state index is 0.671. The van der Waals surface area contributed by atoms with Crippen molar-refractivity contribution in [3.05, 3.63) is 24.0 Å². The molecule has 2 rings (SSSR count). The molecule has 0 saturated carbocycles. The summed E-state index contributed by atoms with van der Waals surface area (Å²) < 4.78 is 0. The van der Waals surface area contributed by atoms with Crippen LogP contribution in [0.15, 0.2) is 18.3 Å². The van der Waals surface area contributed by atoms with Gasteiger partial charge >= 0.3 is 0 Å². The van der Waals surface area contributed by atoms with Crippen molar-refractivity contribution in [1.29, 1.82) is 0 Å². The van der Waals surface area contributed by atoms with Crippen molar-refractivity contribution in [2.24, 2.45) is 5.92 Å². The van der Waals surface area contributed by atoms with Gasteiger partial charge in [0, 0.05) is 18.8 Å². The van der Waals surface area contributed by atoms with E-state index in [1.165, 1.54) is 25.9 Å². The smallest absolute Gasteiger partial charge is 0.0634 e. The maximum absolute atomic E-state index is 4.17. The van der Waals surface area contributed by atoms with Crippen molar-refractivity contribution in [2.45, 2.75) is 39.2 Å². The Kier molecular flexibility index (Phi) is 3.88. The fourth-order valence-electron chi connectivity index (χ4n) is 2.47. The van der Waals surface area contributed by atoms with Crippen molar-refractivity contribution in [3.63, 3.8) is 0 Å². The zero-order valence-corrected chi connectivity index (χ0v) is 10.3. The van der Waals surface area contributed by atoms with E-state index in [0.717, 1.165) is 18.0 Å². The molecule has 1 aliphatic heterocycles. The first-order chi connectivity index (χ1) is 7.75. The molecule has 1 aromatic heterocycles. The van der Waals surface area contributed by atoms with E-state index < -0.39 is 0 Å². The van der Waals surface area contributed by atoms with E-state index in [-0.39, 0.29) is 0 Å². The highest BCUT2D eigenvalue weighted by Crippen LogP contribution is 2.21. The summed E-state index contributed by atoms with van der Waals surface area (Å²) in [5.41, 5.74) is 1.14. The molecule has 88 valence electrons. The largest absolute Gasteiger partial charge is 0.301 e. The van der Waals surface area contributed by atoms with Crippen LogP contribution in [0.4, 0.5) is 0 Å². The Morgan fingerprint density at radius 3 is 3.06 bits per heavy atom. The summed E-state index contributed by atoms with van der Waals surface area (Å²) in [7, 11) is 0. The molecule has 0 aromatic carbocycles. The van der Waals surface area contributed by atoms with Gasteiger partial charge in [0.05, 0.1) is 5.69 Å². The van der Waals surface area contributed by atoms with Gasteiger partial charge in [-0.25, -0.2) is 0 Å². The molecular formula is C13H21N3. The summed E-state index contributed by atoms with van der Waals surface area (Å²) in [4.78, 5) is 2.57. The highest BCUT2D eigenvalue weighted by molar-refractivity contribution is 5.00. The van der Waals surface area contributed by atoms with E-state index >= 15 is 0 Å². The predicted octanol–water partition coefficient (Wildman–Crippen LogP) is 2.14. The maximum Gasteiger partial charge on any atom is 0.0634 e. The molecule has 0 bridgehead atoms. The lowest BCUT2D eigenvalue weighted by atomic mass is 9.92. The second-order valence-corrected chi connectivity index (χ2v) is 5.02. The number of hydrogen-bond donors (Lipinski definition) is 0. The standard InChI is InChI=1S/C13H21N3/c1-11(2)16-8-4-5-12(10-16)9-13-6-3-7-14-15-13/h3,6-7,11-12H,4-5,8-10H2,1-2H3. The monoisotopic (exact) mass is 219 g/mol. The summed E-state index contributed by atoms with van der Waals surface area (Å²) in [5.74, 6) is 0.757. The first-order valence-electron chi connectivity index (χ1n) is 6.26. The lowest BCUT2D eigenvalue weighted by Gasteiger charge is -2.35. The fourth-order valence-corrected chi connectivity index (χ4v) is 2.47. The van der Waals surface area contributed by atoms with E-state index in [1.807, 2.05) is 6.07 Å². The van der Waals surface area contributed by atoms with Gasteiger partial charge in [0.15, 0.2) is 0 Å². The van der Waals surface area contributed by atoms with Gasteiger partial charge in [-0.15, -0.1) is 0 Å². The van der Waals surface area contributed by atoms with Gasteiger partial charge in [-0.1, -0.05) is 0 Å². The normalized spacial score (nSPS) is 22.6. The van der Waals surface area contributed by atoms with Gasteiger partial charge < -0.3 is 4.90 Å². The number of rotatable bonds is 3. The van der Waals surface area contributed by atoms with E-state index in [9.17, 15) is 0 Å². The third kappa shape index (κ3) is 3.01. The second kappa shape index (κ2) is 5.39. The second-order valence-electron chi connectivity index (χ2n) is 5.02. The molecule has 3 heteroatoms. The molecule has 1 saturated heterocycles. The molecule has 3 nitrogen and oxygen atoms in total. The van der Waals surface area contributed by atoms with Crippen LogP contribution >= 0.6 is 0 Å². The van der Waals surface area contributed by atoms with Crippen LogP contribution in [0, 0.1) is 5.92 Å². The highest BCUT2D eigenvalue weighted by Gasteiger charge is 2.21. The molecule has 0 spiro atoms. The Morgan fingerprint density at radius 2 is 2.38 bits per heavy atom. The number of nitrogens with zero attached hydrogens (tertiary/aromatic N) is 3. The average Bonchev–Trinajstić information content (AvgIpc) is 2.30. The summed E-state index contributed by atoms with van der Waals surface area (Å²) in [6.07, 6.45) is 5.48. The maximum atomic E-state index is 4.17. The quantitative estimate of drug-likeness (QED) is 0.780. The summed E-state index contributed by atoms with van der Waals surface area (Å²) in [5, 5.41) is 8.11. The summed E-state index contributed by atoms with van der Waals surface area (Å²) in [6.45, 7) is 7.04. The first-order valence-corrected chi connectivity index (χ1v) is 6.26. The third-order valence-corrected chi connectivity index (χ3v) is 3.41. The minimum atomic E-state index is 0.671. The van der Waals surface area contributed by atoms with Crippen molar-refractivity contribution in [1.82, 2.24) is 15.1 Å². The molecule has 0 radical (unpaired) electrons. The number of likely N-dealkylation sites (tertiary alicyclic amines) is 1. The zero-order valence-electron chi connectivity index (χ0n) is 10.3. The number of aromatic nitrogens is 2. The van der Waals surface area contributed by atoms with Crippen LogP contribution in [0.2, 0.25) is 0 Å². The Balaban J connectivity index is 1.90. The van der Waals surface area contributed by atoms with Crippen LogP contribution < -0.4 is 0 Å². The molecule has 2 heterocycles. The molecule has 1 fully saturated rings. The molecule has 1 aliphatic rings. The lowest BCUT2D eigenvalue weighted by molar-refractivity contribution is 0.139. The van der Waals surface area contributed by atoms with Gasteiger partial charge in [0.1, 0.15) is 0 Å². The molecular weight excluding hydrogens is 198 g/mol. The van der Waals surface area contributed by atoms with Crippen LogP contribution in [0.1, 0.15) is 32.4 Å². The molecule has 16 heavy (non-hydrogen) atoms. The van der Waals surface area contributed by atoms with E-state index in [4.69, 9.17) is 0 Å². The minimum Gasteiger partial charge on any atom is -0.301 e. The number of hydrogen-bond acceptors (Lipinski definition) is 3. The van der Waals surface area contributed by atoms with Crippen molar-refractivity contribution in [3.8, 4) is 0 Å². The molecule has 1 aromatic rings. The molecule has 0 amide bonds. The Bertz CT molecular complexity index is 310.